The first-order chi connectivity index (χ1) is 18.7. The topological polar surface area (TPSA) is 40.6 Å². The number of benzene rings is 4. The van der Waals surface area contributed by atoms with Crippen molar-refractivity contribution in [2.45, 2.75) is 39.0 Å². The van der Waals surface area contributed by atoms with Gasteiger partial charge in [-0.3, -0.25) is 9.59 Å². The summed E-state index contributed by atoms with van der Waals surface area (Å²) in [6, 6.07) is 40.5. The summed E-state index contributed by atoms with van der Waals surface area (Å²) in [5, 5.41) is 0. The van der Waals surface area contributed by atoms with Gasteiger partial charge in [-0.05, 0) is 35.1 Å². The molecule has 0 radical (unpaired) electrons. The molecule has 1 fully saturated rings. The summed E-state index contributed by atoms with van der Waals surface area (Å²) in [4.78, 5) is 31.2. The lowest BCUT2D eigenvalue weighted by Crippen LogP contribution is -2.47. The predicted octanol–water partition coefficient (Wildman–Crippen LogP) is 6.47. The lowest BCUT2D eigenvalue weighted by molar-refractivity contribution is -0.149. The number of rotatable bonds is 10. The largest absolute Gasteiger partial charge is 0.334 e. The molecule has 1 aliphatic rings. The molecule has 4 nitrogen and oxygen atoms in total. The van der Waals surface area contributed by atoms with Gasteiger partial charge in [0.2, 0.25) is 11.8 Å². The Morgan fingerprint density at radius 2 is 0.684 bits per heavy atom. The summed E-state index contributed by atoms with van der Waals surface area (Å²) in [5.41, 5.74) is 4.45. The summed E-state index contributed by atoms with van der Waals surface area (Å²) >= 11 is 0. The minimum absolute atomic E-state index is 0.119. The molecule has 1 aliphatic carbocycles. The SMILES string of the molecule is O=C([C@H]1C[C@H](C(=O)N(Cc2ccccc2)Cc2ccccc2)C1)N(Cc1ccccc1)Cc1ccccc1. The van der Waals surface area contributed by atoms with Crippen LogP contribution < -0.4 is 0 Å². The Morgan fingerprint density at radius 3 is 0.921 bits per heavy atom. The maximum atomic E-state index is 13.7. The van der Waals surface area contributed by atoms with Gasteiger partial charge < -0.3 is 9.80 Å². The Kier molecular flexibility index (Phi) is 8.29. The van der Waals surface area contributed by atoms with Crippen LogP contribution in [0.25, 0.3) is 0 Å². The van der Waals surface area contributed by atoms with Gasteiger partial charge in [0.25, 0.3) is 0 Å². The molecule has 4 aromatic carbocycles. The smallest absolute Gasteiger partial charge is 0.226 e. The zero-order chi connectivity index (χ0) is 26.2. The van der Waals surface area contributed by atoms with Crippen molar-refractivity contribution in [1.82, 2.24) is 9.80 Å². The van der Waals surface area contributed by atoms with Gasteiger partial charge in [-0.2, -0.15) is 0 Å². The highest BCUT2D eigenvalue weighted by atomic mass is 16.2. The molecule has 0 spiro atoms. The van der Waals surface area contributed by atoms with E-state index >= 15 is 0 Å². The van der Waals surface area contributed by atoms with Crippen LogP contribution in [0.2, 0.25) is 0 Å². The van der Waals surface area contributed by atoms with Crippen LogP contribution in [0.5, 0.6) is 0 Å². The van der Waals surface area contributed by atoms with E-state index in [0.717, 1.165) is 22.3 Å². The van der Waals surface area contributed by atoms with Gasteiger partial charge in [0, 0.05) is 38.0 Å². The van der Waals surface area contributed by atoms with Crippen molar-refractivity contribution in [3.8, 4) is 0 Å². The zero-order valence-corrected chi connectivity index (χ0v) is 21.7. The molecule has 38 heavy (non-hydrogen) atoms. The average Bonchev–Trinajstić information content (AvgIpc) is 2.94. The van der Waals surface area contributed by atoms with E-state index in [2.05, 4.69) is 48.5 Å². The molecule has 4 heteroatoms. The molecule has 0 N–H and O–H groups in total. The second kappa shape index (κ2) is 12.4. The minimum Gasteiger partial charge on any atom is -0.334 e. The molecule has 0 aromatic heterocycles. The van der Waals surface area contributed by atoms with E-state index in [4.69, 9.17) is 0 Å². The predicted molar refractivity (Wildman–Crippen MR) is 150 cm³/mol. The molecule has 0 atom stereocenters. The lowest BCUT2D eigenvalue weighted by atomic mass is 9.73. The second-order valence-corrected chi connectivity index (χ2v) is 10.2. The normalized spacial score (nSPS) is 16.3. The minimum atomic E-state index is -0.119. The van der Waals surface area contributed by atoms with Crippen molar-refractivity contribution < 1.29 is 9.59 Å². The third-order valence-electron chi connectivity index (χ3n) is 7.32. The zero-order valence-electron chi connectivity index (χ0n) is 21.7. The number of amides is 2. The quantitative estimate of drug-likeness (QED) is 0.249. The van der Waals surface area contributed by atoms with Crippen molar-refractivity contribution in [1.29, 1.82) is 0 Å². The molecule has 192 valence electrons. The molecule has 0 bridgehead atoms. The van der Waals surface area contributed by atoms with Gasteiger partial charge in [0.1, 0.15) is 0 Å². The Balaban J connectivity index is 1.26. The molecule has 0 heterocycles. The Morgan fingerprint density at radius 1 is 0.447 bits per heavy atom. The molecule has 5 rings (SSSR count). The van der Waals surface area contributed by atoms with Crippen molar-refractivity contribution in [3.63, 3.8) is 0 Å². The van der Waals surface area contributed by atoms with Gasteiger partial charge in [0.15, 0.2) is 0 Å². The molecule has 1 saturated carbocycles. The van der Waals surface area contributed by atoms with Crippen molar-refractivity contribution in [2.75, 3.05) is 0 Å². The standard InChI is InChI=1S/C34H34N2O2/c37-33(35(23-27-13-5-1-6-14-27)24-28-15-7-2-8-16-28)31-21-32(22-31)34(38)36(25-29-17-9-3-10-18-29)26-30-19-11-4-12-20-30/h1-20,31-32H,21-26H2/t31-,32-. The highest BCUT2D eigenvalue weighted by molar-refractivity contribution is 5.85. The Hall–Kier alpha value is -4.18. The fraction of sp³-hybridized carbons (Fsp3) is 0.235. The summed E-state index contributed by atoms with van der Waals surface area (Å²) in [7, 11) is 0. The first-order valence-electron chi connectivity index (χ1n) is 13.4. The van der Waals surface area contributed by atoms with Gasteiger partial charge in [-0.15, -0.1) is 0 Å². The van der Waals surface area contributed by atoms with E-state index in [9.17, 15) is 9.59 Å². The number of nitrogens with zero attached hydrogens (tertiary/aromatic N) is 2. The highest BCUT2D eigenvalue weighted by Crippen LogP contribution is 2.37. The van der Waals surface area contributed by atoms with E-state index in [1.165, 1.54) is 0 Å². The maximum Gasteiger partial charge on any atom is 0.226 e. The first-order valence-corrected chi connectivity index (χ1v) is 13.4. The van der Waals surface area contributed by atoms with Crippen LogP contribution in [-0.4, -0.2) is 21.6 Å². The van der Waals surface area contributed by atoms with E-state index in [1.807, 2.05) is 82.6 Å². The second-order valence-electron chi connectivity index (χ2n) is 10.2. The Bertz CT molecular complexity index is 1120. The van der Waals surface area contributed by atoms with Crippen LogP contribution in [0.3, 0.4) is 0 Å². The molecule has 0 aliphatic heterocycles. The van der Waals surface area contributed by atoms with E-state index in [0.29, 0.717) is 39.0 Å². The van der Waals surface area contributed by atoms with Crippen LogP contribution >= 0.6 is 0 Å². The molecule has 4 aromatic rings. The summed E-state index contributed by atoms with van der Waals surface area (Å²) in [6.07, 6.45) is 1.22. The average molecular weight is 503 g/mol. The summed E-state index contributed by atoms with van der Waals surface area (Å²) in [6.45, 7) is 2.27. The van der Waals surface area contributed by atoms with Gasteiger partial charge in [0.05, 0.1) is 0 Å². The van der Waals surface area contributed by atoms with Crippen LogP contribution in [0, 0.1) is 11.8 Å². The third kappa shape index (κ3) is 6.57. The number of carbonyl (C=O) groups is 2. The fourth-order valence-corrected chi connectivity index (χ4v) is 5.18. The summed E-state index contributed by atoms with van der Waals surface area (Å²) < 4.78 is 0. The van der Waals surface area contributed by atoms with Crippen molar-refractivity contribution in [2.24, 2.45) is 11.8 Å². The van der Waals surface area contributed by atoms with E-state index < -0.39 is 0 Å². The lowest BCUT2D eigenvalue weighted by Gasteiger charge is -2.39. The Labute approximate surface area is 225 Å². The maximum absolute atomic E-state index is 13.7. The number of carbonyl (C=O) groups excluding carboxylic acids is 2. The third-order valence-corrected chi connectivity index (χ3v) is 7.32. The van der Waals surface area contributed by atoms with Crippen LogP contribution in [0.1, 0.15) is 35.1 Å². The van der Waals surface area contributed by atoms with E-state index in [-0.39, 0.29) is 23.7 Å². The molecule has 0 unspecified atom stereocenters. The van der Waals surface area contributed by atoms with Gasteiger partial charge in [-0.25, -0.2) is 0 Å². The highest BCUT2D eigenvalue weighted by Gasteiger charge is 2.42. The van der Waals surface area contributed by atoms with Crippen LogP contribution in [0.4, 0.5) is 0 Å². The molecule has 2 amide bonds. The van der Waals surface area contributed by atoms with Crippen molar-refractivity contribution >= 4 is 11.8 Å². The fourth-order valence-electron chi connectivity index (χ4n) is 5.18. The summed E-state index contributed by atoms with van der Waals surface area (Å²) in [5.74, 6) is 0.0391. The first kappa shape index (κ1) is 25.5. The molecule has 0 saturated heterocycles. The van der Waals surface area contributed by atoms with Crippen LogP contribution in [-0.2, 0) is 35.8 Å². The monoisotopic (exact) mass is 502 g/mol. The number of hydrogen-bond acceptors (Lipinski definition) is 2. The van der Waals surface area contributed by atoms with E-state index in [1.54, 1.807) is 0 Å². The van der Waals surface area contributed by atoms with Crippen LogP contribution in [0.15, 0.2) is 121 Å². The van der Waals surface area contributed by atoms with Gasteiger partial charge >= 0.3 is 0 Å². The molecular formula is C34H34N2O2. The number of hydrogen-bond donors (Lipinski definition) is 0. The van der Waals surface area contributed by atoms with Crippen molar-refractivity contribution in [3.05, 3.63) is 144 Å². The van der Waals surface area contributed by atoms with Gasteiger partial charge in [-0.1, -0.05) is 121 Å². The molecular weight excluding hydrogens is 468 g/mol.